The van der Waals surface area contributed by atoms with Crippen LogP contribution in [0.1, 0.15) is 24.7 Å². The molecule has 3 rings (SSSR count). The third-order valence-electron chi connectivity index (χ3n) is 4.54. The third kappa shape index (κ3) is 2.54. The van der Waals surface area contributed by atoms with Crippen LogP contribution in [-0.4, -0.2) is 36.5 Å². The average molecular weight is 288 g/mol. The van der Waals surface area contributed by atoms with Gasteiger partial charge in [0.1, 0.15) is 18.5 Å². The minimum absolute atomic E-state index is 0.104. The van der Waals surface area contributed by atoms with Gasteiger partial charge in [0.05, 0.1) is 5.54 Å². The zero-order valence-electron chi connectivity index (χ0n) is 13.3. The summed E-state index contributed by atoms with van der Waals surface area (Å²) in [6, 6.07) is 4.32. The summed E-state index contributed by atoms with van der Waals surface area (Å²) in [4.78, 5) is 0. The summed E-state index contributed by atoms with van der Waals surface area (Å²) < 4.78 is 13.7. The highest BCUT2D eigenvalue weighted by Crippen LogP contribution is 2.35. The van der Waals surface area contributed by atoms with Gasteiger partial charge in [-0.2, -0.15) is 0 Å². The van der Waals surface area contributed by atoms with Gasteiger partial charge in [-0.05, 0) is 45.1 Å². The fourth-order valence-corrected chi connectivity index (χ4v) is 3.23. The number of hydrogen-bond donors (Lipinski definition) is 1. The van der Waals surface area contributed by atoms with E-state index in [1.165, 1.54) is 17.1 Å². The number of hydrogen-bond acceptors (Lipinski definition) is 3. The molecule has 114 valence electrons. The monoisotopic (exact) mass is 288 g/mol. The summed E-state index contributed by atoms with van der Waals surface area (Å²) in [7, 11) is 1.73. The first-order chi connectivity index (χ1) is 10.0. The second-order valence-corrected chi connectivity index (χ2v) is 6.20. The molecule has 1 saturated heterocycles. The second kappa shape index (κ2) is 5.35. The maximum Gasteiger partial charge on any atom is 0.116 e. The number of ether oxygens (including phenoxy) is 2. The number of nitrogens with one attached hydrogen (secondary N) is 1. The van der Waals surface area contributed by atoms with Crippen molar-refractivity contribution in [2.75, 3.05) is 20.3 Å². The number of allylic oxidation sites excluding steroid dienone is 2. The van der Waals surface area contributed by atoms with E-state index in [-0.39, 0.29) is 11.6 Å². The minimum atomic E-state index is -0.166. The number of rotatable bonds is 2. The number of aryl methyl sites for hydroxylation is 2. The minimum Gasteiger partial charge on any atom is -0.493 e. The van der Waals surface area contributed by atoms with Gasteiger partial charge in [0, 0.05) is 37.2 Å². The summed E-state index contributed by atoms with van der Waals surface area (Å²) in [6.45, 7) is 7.91. The van der Waals surface area contributed by atoms with Crippen molar-refractivity contribution in [3.63, 3.8) is 0 Å². The van der Waals surface area contributed by atoms with Gasteiger partial charge in [0.2, 0.25) is 0 Å². The lowest BCUT2D eigenvalue weighted by Gasteiger charge is -2.35. The molecular weight excluding hydrogens is 264 g/mol. The summed E-state index contributed by atoms with van der Waals surface area (Å²) in [5.41, 5.74) is 3.67. The van der Waals surface area contributed by atoms with Crippen LogP contribution in [-0.2, 0) is 9.47 Å². The molecule has 4 heteroatoms. The maximum atomic E-state index is 5.96. The Morgan fingerprint density at radius 1 is 1.29 bits per heavy atom. The molecule has 0 spiro atoms. The SMILES string of the molecule is COC1CNC2(C)CC(n3c(C)ccc3C)=CC=C2OC1. The zero-order valence-corrected chi connectivity index (χ0v) is 13.3. The van der Waals surface area contributed by atoms with Crippen LogP contribution in [0.25, 0.3) is 5.70 Å². The topological polar surface area (TPSA) is 35.4 Å². The Hall–Kier alpha value is -1.52. The molecule has 1 aliphatic heterocycles. The molecule has 1 N–H and O–H groups in total. The Labute approximate surface area is 126 Å². The van der Waals surface area contributed by atoms with Crippen LogP contribution in [0, 0.1) is 13.8 Å². The van der Waals surface area contributed by atoms with E-state index in [2.05, 4.69) is 54.9 Å². The average Bonchev–Trinajstić information content (AvgIpc) is 2.70. The quantitative estimate of drug-likeness (QED) is 0.908. The van der Waals surface area contributed by atoms with Crippen LogP contribution >= 0.6 is 0 Å². The van der Waals surface area contributed by atoms with Gasteiger partial charge in [-0.25, -0.2) is 0 Å². The van der Waals surface area contributed by atoms with Gasteiger partial charge in [0.15, 0.2) is 0 Å². The van der Waals surface area contributed by atoms with E-state index in [9.17, 15) is 0 Å². The van der Waals surface area contributed by atoms with E-state index in [4.69, 9.17) is 9.47 Å². The lowest BCUT2D eigenvalue weighted by molar-refractivity contribution is 0.0451. The highest BCUT2D eigenvalue weighted by atomic mass is 16.5. The number of methoxy groups -OCH3 is 1. The molecule has 2 aliphatic rings. The van der Waals surface area contributed by atoms with Crippen LogP contribution in [0.3, 0.4) is 0 Å². The van der Waals surface area contributed by atoms with Gasteiger partial charge >= 0.3 is 0 Å². The van der Waals surface area contributed by atoms with Crippen molar-refractivity contribution in [2.24, 2.45) is 0 Å². The summed E-state index contributed by atoms with van der Waals surface area (Å²) in [5, 5.41) is 3.62. The van der Waals surface area contributed by atoms with E-state index in [1.54, 1.807) is 7.11 Å². The number of fused-ring (bicyclic) bond motifs is 1. The van der Waals surface area contributed by atoms with E-state index in [0.717, 1.165) is 18.7 Å². The lowest BCUT2D eigenvalue weighted by Crippen LogP contribution is -2.46. The molecule has 0 aromatic carbocycles. The second-order valence-electron chi connectivity index (χ2n) is 6.20. The standard InChI is InChI=1S/C17H24N2O2/c1-12-5-6-13(2)19(12)14-7-8-16-17(3,9-14)18-10-15(20-4)11-21-16/h5-8,15,18H,9-11H2,1-4H3. The molecule has 1 aromatic heterocycles. The van der Waals surface area contributed by atoms with E-state index in [0.29, 0.717) is 6.61 Å². The Morgan fingerprint density at radius 2 is 2.00 bits per heavy atom. The molecule has 1 fully saturated rings. The first-order valence-electron chi connectivity index (χ1n) is 7.51. The molecular formula is C17H24N2O2. The first kappa shape index (κ1) is 14.4. The van der Waals surface area contributed by atoms with Crippen LogP contribution in [0.2, 0.25) is 0 Å². The molecule has 0 amide bonds. The number of nitrogens with zero attached hydrogens (tertiary/aromatic N) is 1. The van der Waals surface area contributed by atoms with Crippen molar-refractivity contribution in [2.45, 2.75) is 38.8 Å². The molecule has 4 nitrogen and oxygen atoms in total. The first-order valence-corrected chi connectivity index (χ1v) is 7.51. The molecule has 2 unspecified atom stereocenters. The normalized spacial score (nSPS) is 29.0. The van der Waals surface area contributed by atoms with Gasteiger partial charge in [0.25, 0.3) is 0 Å². The molecule has 21 heavy (non-hydrogen) atoms. The summed E-state index contributed by atoms with van der Waals surface area (Å²) in [5.74, 6) is 1.01. The highest BCUT2D eigenvalue weighted by molar-refractivity contribution is 5.57. The number of aromatic nitrogens is 1. The van der Waals surface area contributed by atoms with E-state index >= 15 is 0 Å². The molecule has 1 aliphatic carbocycles. The summed E-state index contributed by atoms with van der Waals surface area (Å²) >= 11 is 0. The highest BCUT2D eigenvalue weighted by Gasteiger charge is 2.37. The largest absolute Gasteiger partial charge is 0.493 e. The predicted molar refractivity (Wildman–Crippen MR) is 84.0 cm³/mol. The molecule has 0 radical (unpaired) electrons. The van der Waals surface area contributed by atoms with Crippen LogP contribution in [0.5, 0.6) is 0 Å². The van der Waals surface area contributed by atoms with Gasteiger partial charge in [-0.3, -0.25) is 0 Å². The van der Waals surface area contributed by atoms with Crippen molar-refractivity contribution < 1.29 is 9.47 Å². The van der Waals surface area contributed by atoms with E-state index < -0.39 is 0 Å². The fraction of sp³-hybridized carbons (Fsp3) is 0.529. The van der Waals surface area contributed by atoms with Crippen molar-refractivity contribution >= 4 is 5.70 Å². The van der Waals surface area contributed by atoms with Crippen LogP contribution in [0.4, 0.5) is 0 Å². The Bertz CT molecular complexity index is 580. The molecule has 0 bridgehead atoms. The maximum absolute atomic E-state index is 5.96. The fourth-order valence-electron chi connectivity index (χ4n) is 3.23. The molecule has 2 atom stereocenters. The van der Waals surface area contributed by atoms with Crippen molar-refractivity contribution in [3.05, 3.63) is 41.4 Å². The van der Waals surface area contributed by atoms with Crippen molar-refractivity contribution in [1.29, 1.82) is 0 Å². The van der Waals surface area contributed by atoms with Crippen LogP contribution in [0.15, 0.2) is 30.0 Å². The third-order valence-corrected chi connectivity index (χ3v) is 4.54. The molecule has 2 heterocycles. The van der Waals surface area contributed by atoms with Crippen LogP contribution < -0.4 is 5.32 Å². The summed E-state index contributed by atoms with van der Waals surface area (Å²) in [6.07, 6.45) is 5.28. The Kier molecular flexibility index (Phi) is 3.68. The van der Waals surface area contributed by atoms with Gasteiger partial charge < -0.3 is 19.4 Å². The van der Waals surface area contributed by atoms with Gasteiger partial charge in [-0.1, -0.05) is 0 Å². The van der Waals surface area contributed by atoms with Crippen molar-refractivity contribution in [3.8, 4) is 0 Å². The van der Waals surface area contributed by atoms with Gasteiger partial charge in [-0.15, -0.1) is 0 Å². The predicted octanol–water partition coefficient (Wildman–Crippen LogP) is 2.63. The smallest absolute Gasteiger partial charge is 0.116 e. The Morgan fingerprint density at radius 3 is 2.67 bits per heavy atom. The zero-order chi connectivity index (χ0) is 15.0. The van der Waals surface area contributed by atoms with E-state index in [1.807, 2.05) is 0 Å². The lowest BCUT2D eigenvalue weighted by atomic mass is 9.89. The Balaban J connectivity index is 1.91. The molecule has 1 aromatic rings. The van der Waals surface area contributed by atoms with Crippen molar-refractivity contribution in [1.82, 2.24) is 9.88 Å². The molecule has 0 saturated carbocycles.